The van der Waals surface area contributed by atoms with E-state index in [2.05, 4.69) is 4.98 Å². The van der Waals surface area contributed by atoms with Crippen molar-refractivity contribution in [2.75, 3.05) is 35.2 Å². The summed E-state index contributed by atoms with van der Waals surface area (Å²) in [6.45, 7) is 0.112. The van der Waals surface area contributed by atoms with Gasteiger partial charge in [-0.3, -0.25) is 0 Å². The minimum Gasteiger partial charge on any atom is -0.493 e. The molecule has 9 heteroatoms. The molecule has 0 radical (unpaired) electrons. The van der Waals surface area contributed by atoms with Crippen molar-refractivity contribution < 1.29 is 38.0 Å². The molecule has 2 heterocycles. The van der Waals surface area contributed by atoms with Gasteiger partial charge in [0, 0.05) is 11.8 Å². The Hall–Kier alpha value is -4.01. The first-order valence-electron chi connectivity index (χ1n) is 9.64. The second-order valence-corrected chi connectivity index (χ2v) is 6.88. The van der Waals surface area contributed by atoms with E-state index in [-0.39, 0.29) is 30.2 Å². The van der Waals surface area contributed by atoms with Crippen LogP contribution >= 0.6 is 0 Å². The van der Waals surface area contributed by atoms with E-state index >= 15 is 0 Å². The van der Waals surface area contributed by atoms with Crippen LogP contribution in [0.4, 0.5) is 0 Å². The molecule has 3 aromatic rings. The molecule has 4 rings (SSSR count). The van der Waals surface area contributed by atoms with E-state index in [1.165, 1.54) is 28.4 Å². The quantitative estimate of drug-likeness (QED) is 0.536. The topological polar surface area (TPSA) is 102 Å². The number of aromatic nitrogens is 1. The Balaban J connectivity index is 1.92. The van der Waals surface area contributed by atoms with Crippen LogP contribution in [0, 0.1) is 0 Å². The van der Waals surface area contributed by atoms with Gasteiger partial charge in [-0.2, -0.15) is 0 Å². The zero-order chi connectivity index (χ0) is 22.8. The van der Waals surface area contributed by atoms with Gasteiger partial charge in [0.25, 0.3) is 0 Å². The summed E-state index contributed by atoms with van der Waals surface area (Å²) in [6, 6.07) is 8.65. The molecule has 166 valence electrons. The maximum atomic E-state index is 12.6. The summed E-state index contributed by atoms with van der Waals surface area (Å²) in [4.78, 5) is 29.4. The van der Waals surface area contributed by atoms with E-state index in [0.29, 0.717) is 28.5 Å². The fourth-order valence-corrected chi connectivity index (χ4v) is 3.68. The summed E-state index contributed by atoms with van der Waals surface area (Å²) < 4.78 is 31.6. The average molecular weight is 439 g/mol. The van der Waals surface area contributed by atoms with E-state index in [9.17, 15) is 9.59 Å². The van der Waals surface area contributed by atoms with Crippen molar-refractivity contribution in [3.63, 3.8) is 0 Å². The summed E-state index contributed by atoms with van der Waals surface area (Å²) in [5.41, 5.74) is 1.48. The summed E-state index contributed by atoms with van der Waals surface area (Å²) in [7, 11) is 5.50. The third kappa shape index (κ3) is 3.62. The van der Waals surface area contributed by atoms with Gasteiger partial charge in [0.2, 0.25) is 6.79 Å². The lowest BCUT2D eigenvalue weighted by Gasteiger charge is -2.16. The van der Waals surface area contributed by atoms with Crippen LogP contribution in [0.25, 0.3) is 10.8 Å². The van der Waals surface area contributed by atoms with Gasteiger partial charge in [-0.1, -0.05) is 6.07 Å². The Bertz CT molecular complexity index is 1220. The van der Waals surface area contributed by atoms with Crippen molar-refractivity contribution in [2.24, 2.45) is 0 Å². The number of carbonyl (C=O) groups excluding carboxylic acids is 2. The minimum atomic E-state index is -0.582. The SMILES string of the molecule is COC(=O)c1cc2cc3c(cc2c(Cc2ccc(OC)c(OC)c2C(=O)OC)n1)OCO3. The van der Waals surface area contributed by atoms with E-state index in [1.54, 1.807) is 30.3 Å². The number of methoxy groups -OCH3 is 4. The highest BCUT2D eigenvalue weighted by Crippen LogP contribution is 2.39. The number of hydrogen-bond donors (Lipinski definition) is 0. The lowest BCUT2D eigenvalue weighted by molar-refractivity contribution is 0.0585. The molecule has 1 aromatic heterocycles. The van der Waals surface area contributed by atoms with Gasteiger partial charge in [0.05, 0.1) is 34.1 Å². The molecule has 1 aliphatic heterocycles. The number of esters is 2. The Labute approximate surface area is 183 Å². The van der Waals surface area contributed by atoms with E-state index in [0.717, 1.165) is 10.8 Å². The number of hydrogen-bond acceptors (Lipinski definition) is 9. The minimum absolute atomic E-state index is 0.112. The lowest BCUT2D eigenvalue weighted by Crippen LogP contribution is -2.12. The van der Waals surface area contributed by atoms with Crippen molar-refractivity contribution in [3.05, 3.63) is 52.8 Å². The second kappa shape index (κ2) is 8.62. The molecule has 0 amide bonds. The largest absolute Gasteiger partial charge is 0.493 e. The Kier molecular flexibility index (Phi) is 5.72. The molecular weight excluding hydrogens is 418 g/mol. The Morgan fingerprint density at radius 2 is 1.66 bits per heavy atom. The van der Waals surface area contributed by atoms with Crippen molar-refractivity contribution in [1.82, 2.24) is 4.98 Å². The monoisotopic (exact) mass is 439 g/mol. The fraction of sp³-hybridized carbons (Fsp3) is 0.261. The van der Waals surface area contributed by atoms with Crippen LogP contribution in [0.2, 0.25) is 0 Å². The molecule has 0 saturated carbocycles. The molecule has 32 heavy (non-hydrogen) atoms. The normalized spacial score (nSPS) is 11.9. The first-order chi connectivity index (χ1) is 15.5. The van der Waals surface area contributed by atoms with Crippen molar-refractivity contribution >= 4 is 22.7 Å². The molecule has 0 atom stereocenters. The maximum absolute atomic E-state index is 12.6. The predicted molar refractivity (Wildman–Crippen MR) is 113 cm³/mol. The third-order valence-electron chi connectivity index (χ3n) is 5.18. The maximum Gasteiger partial charge on any atom is 0.356 e. The van der Waals surface area contributed by atoms with Gasteiger partial charge in [-0.05, 0) is 35.2 Å². The smallest absolute Gasteiger partial charge is 0.356 e. The number of ether oxygens (including phenoxy) is 6. The van der Waals surface area contributed by atoms with Crippen LogP contribution in [-0.4, -0.2) is 52.2 Å². The van der Waals surface area contributed by atoms with Crippen LogP contribution in [0.3, 0.4) is 0 Å². The first kappa shape index (κ1) is 21.2. The van der Waals surface area contributed by atoms with Gasteiger partial charge in [0.1, 0.15) is 11.3 Å². The van der Waals surface area contributed by atoms with Gasteiger partial charge in [-0.25, -0.2) is 14.6 Å². The van der Waals surface area contributed by atoms with E-state index in [1.807, 2.05) is 0 Å². The predicted octanol–water partition coefficient (Wildman–Crippen LogP) is 3.14. The van der Waals surface area contributed by atoms with Gasteiger partial charge >= 0.3 is 11.9 Å². The van der Waals surface area contributed by atoms with Crippen molar-refractivity contribution in [1.29, 1.82) is 0 Å². The fourth-order valence-electron chi connectivity index (χ4n) is 3.68. The van der Waals surface area contributed by atoms with Crippen LogP contribution in [-0.2, 0) is 15.9 Å². The van der Waals surface area contributed by atoms with Gasteiger partial charge in [0.15, 0.2) is 23.0 Å². The van der Waals surface area contributed by atoms with E-state index < -0.39 is 11.9 Å². The number of benzene rings is 2. The molecule has 1 aliphatic rings. The molecule has 0 N–H and O–H groups in total. The van der Waals surface area contributed by atoms with Crippen molar-refractivity contribution in [3.8, 4) is 23.0 Å². The molecule has 0 saturated heterocycles. The standard InChI is InChI=1S/C23H21NO8/c1-27-17-6-5-12(20(21(17)28-2)23(26)30-4)7-15-14-10-19-18(31-11-32-19)9-13(14)8-16(24-15)22(25)29-3/h5-6,8-10H,7,11H2,1-4H3. The van der Waals surface area contributed by atoms with E-state index in [4.69, 9.17) is 28.4 Å². The summed E-state index contributed by atoms with van der Waals surface area (Å²) in [5.74, 6) is 0.635. The van der Waals surface area contributed by atoms with Gasteiger partial charge < -0.3 is 28.4 Å². The number of rotatable bonds is 6. The first-order valence-corrected chi connectivity index (χ1v) is 9.64. The van der Waals surface area contributed by atoms with Crippen LogP contribution in [0.5, 0.6) is 23.0 Å². The molecule has 0 aliphatic carbocycles. The molecule has 0 spiro atoms. The summed E-state index contributed by atoms with van der Waals surface area (Å²) in [5, 5.41) is 1.47. The molecule has 9 nitrogen and oxygen atoms in total. The van der Waals surface area contributed by atoms with Crippen LogP contribution in [0.15, 0.2) is 30.3 Å². The Morgan fingerprint density at radius 3 is 2.31 bits per heavy atom. The van der Waals surface area contributed by atoms with Crippen molar-refractivity contribution in [2.45, 2.75) is 6.42 Å². The molecule has 0 bridgehead atoms. The second-order valence-electron chi connectivity index (χ2n) is 6.88. The highest BCUT2D eigenvalue weighted by atomic mass is 16.7. The molecule has 0 unspecified atom stereocenters. The molecule has 2 aromatic carbocycles. The Morgan fingerprint density at radius 1 is 0.938 bits per heavy atom. The highest BCUT2D eigenvalue weighted by molar-refractivity contribution is 5.97. The zero-order valence-corrected chi connectivity index (χ0v) is 18.0. The highest BCUT2D eigenvalue weighted by Gasteiger charge is 2.25. The average Bonchev–Trinajstić information content (AvgIpc) is 3.28. The van der Waals surface area contributed by atoms with Crippen LogP contribution < -0.4 is 18.9 Å². The number of carbonyl (C=O) groups is 2. The van der Waals surface area contributed by atoms with Crippen LogP contribution in [0.1, 0.15) is 32.1 Å². The zero-order valence-electron chi connectivity index (χ0n) is 18.0. The lowest BCUT2D eigenvalue weighted by atomic mass is 9.97. The third-order valence-corrected chi connectivity index (χ3v) is 5.18. The van der Waals surface area contributed by atoms with Gasteiger partial charge in [-0.15, -0.1) is 0 Å². The number of pyridine rings is 1. The molecular formula is C23H21NO8. The number of nitrogens with zero attached hydrogens (tertiary/aromatic N) is 1. The molecule has 0 fully saturated rings. The number of fused-ring (bicyclic) bond motifs is 2. The summed E-state index contributed by atoms with van der Waals surface area (Å²) >= 11 is 0. The summed E-state index contributed by atoms with van der Waals surface area (Å²) in [6.07, 6.45) is 0.200.